The molecular weight excluding hydrogens is 192 g/mol. The molecule has 2 rings (SSSR count). The summed E-state index contributed by atoms with van der Waals surface area (Å²) in [4.78, 5) is 23.6. The molecule has 76 valence electrons. The second kappa shape index (κ2) is 3.91. The molecule has 0 aliphatic carbocycles. The molecule has 0 radical (unpaired) electrons. The van der Waals surface area contributed by atoms with E-state index < -0.39 is 0 Å². The van der Waals surface area contributed by atoms with Crippen molar-refractivity contribution in [1.29, 1.82) is 0 Å². The Labute approximate surface area is 86.4 Å². The molecule has 5 heteroatoms. The van der Waals surface area contributed by atoms with E-state index in [-0.39, 0.29) is 5.56 Å². The highest BCUT2D eigenvalue weighted by molar-refractivity contribution is 5.49. The molecule has 0 aliphatic rings. The van der Waals surface area contributed by atoms with Crippen LogP contribution in [0.3, 0.4) is 0 Å². The second-order valence-corrected chi connectivity index (χ2v) is 3.00. The maximum Gasteiger partial charge on any atom is 0.252 e. The van der Waals surface area contributed by atoms with E-state index in [4.69, 9.17) is 0 Å². The summed E-state index contributed by atoms with van der Waals surface area (Å²) in [6.45, 7) is 0. The van der Waals surface area contributed by atoms with Gasteiger partial charge in [0.2, 0.25) is 5.95 Å². The van der Waals surface area contributed by atoms with Crippen LogP contribution in [-0.2, 0) is 0 Å². The first-order valence-electron chi connectivity index (χ1n) is 4.47. The van der Waals surface area contributed by atoms with Gasteiger partial charge in [0.1, 0.15) is 5.82 Å². The lowest BCUT2D eigenvalue weighted by Crippen LogP contribution is -2.18. The van der Waals surface area contributed by atoms with Crippen LogP contribution < -0.4 is 10.5 Å². The molecule has 0 unspecified atom stereocenters. The van der Waals surface area contributed by atoms with Crippen LogP contribution >= 0.6 is 0 Å². The first-order chi connectivity index (χ1) is 7.27. The fourth-order valence-electron chi connectivity index (χ4n) is 1.19. The predicted octanol–water partition coefficient (Wildman–Crippen LogP) is 0.933. The van der Waals surface area contributed by atoms with Gasteiger partial charge in [-0.05, 0) is 12.1 Å². The van der Waals surface area contributed by atoms with Crippen molar-refractivity contribution in [3.05, 3.63) is 47.0 Å². The van der Waals surface area contributed by atoms with E-state index in [0.717, 1.165) is 5.82 Å². The van der Waals surface area contributed by atoms with Crippen molar-refractivity contribution < 1.29 is 0 Å². The third-order valence-electron chi connectivity index (χ3n) is 1.97. The molecule has 0 aromatic carbocycles. The highest BCUT2D eigenvalue weighted by atomic mass is 16.1. The summed E-state index contributed by atoms with van der Waals surface area (Å²) in [5, 5.41) is 0. The number of hydrogen-bond donors (Lipinski definition) is 1. The van der Waals surface area contributed by atoms with Gasteiger partial charge >= 0.3 is 0 Å². The Kier molecular flexibility index (Phi) is 2.45. The van der Waals surface area contributed by atoms with E-state index in [2.05, 4.69) is 15.0 Å². The number of anilines is 2. The Morgan fingerprint density at radius 2 is 2.07 bits per heavy atom. The Bertz CT molecular complexity index is 494. The van der Waals surface area contributed by atoms with Crippen LogP contribution in [0.5, 0.6) is 0 Å². The fraction of sp³-hybridized carbons (Fsp3) is 0.100. The van der Waals surface area contributed by atoms with E-state index in [1.54, 1.807) is 18.1 Å². The monoisotopic (exact) mass is 202 g/mol. The van der Waals surface area contributed by atoms with E-state index in [1.165, 1.54) is 12.3 Å². The number of H-pyrrole nitrogens is 1. The van der Waals surface area contributed by atoms with Gasteiger partial charge in [-0.2, -0.15) is 0 Å². The Balaban J connectivity index is 2.37. The van der Waals surface area contributed by atoms with Gasteiger partial charge in [0.15, 0.2) is 0 Å². The van der Waals surface area contributed by atoms with Crippen LogP contribution in [-0.4, -0.2) is 22.0 Å². The van der Waals surface area contributed by atoms with E-state index in [9.17, 15) is 4.79 Å². The lowest BCUT2D eigenvalue weighted by atomic mass is 10.4. The minimum absolute atomic E-state index is 0.178. The van der Waals surface area contributed by atoms with Crippen molar-refractivity contribution in [2.75, 3.05) is 11.9 Å². The molecule has 0 atom stereocenters. The largest absolute Gasteiger partial charge is 0.300 e. The molecule has 0 saturated heterocycles. The average Bonchev–Trinajstić information content (AvgIpc) is 2.29. The second-order valence-electron chi connectivity index (χ2n) is 3.00. The topological polar surface area (TPSA) is 61.9 Å². The van der Waals surface area contributed by atoms with Crippen molar-refractivity contribution >= 4 is 11.8 Å². The first kappa shape index (κ1) is 9.39. The van der Waals surface area contributed by atoms with Crippen molar-refractivity contribution in [2.45, 2.75) is 0 Å². The van der Waals surface area contributed by atoms with Gasteiger partial charge in [0.25, 0.3) is 5.56 Å². The summed E-state index contributed by atoms with van der Waals surface area (Å²) in [5.41, 5.74) is -0.178. The van der Waals surface area contributed by atoms with Gasteiger partial charge in [0, 0.05) is 25.5 Å². The van der Waals surface area contributed by atoms with Crippen LogP contribution in [0, 0.1) is 0 Å². The molecule has 0 aliphatic heterocycles. The number of hydrogen-bond acceptors (Lipinski definition) is 4. The zero-order valence-corrected chi connectivity index (χ0v) is 8.21. The standard InChI is InChI=1S/C10H10N4O/c1-14(8-4-2-3-6-11-8)10-12-7-5-9(15)13-10/h2-7H,1H3,(H,12,13,15). The number of aromatic nitrogens is 3. The fourth-order valence-corrected chi connectivity index (χ4v) is 1.19. The summed E-state index contributed by atoms with van der Waals surface area (Å²) in [5.74, 6) is 1.20. The van der Waals surface area contributed by atoms with Crippen LogP contribution in [0.1, 0.15) is 0 Å². The van der Waals surface area contributed by atoms with Crippen molar-refractivity contribution in [1.82, 2.24) is 15.0 Å². The zero-order valence-electron chi connectivity index (χ0n) is 8.21. The number of nitrogens with one attached hydrogen (secondary N) is 1. The van der Waals surface area contributed by atoms with E-state index in [1.807, 2.05) is 18.2 Å². The number of aromatic amines is 1. The smallest absolute Gasteiger partial charge is 0.252 e. The van der Waals surface area contributed by atoms with Gasteiger partial charge < -0.3 is 0 Å². The lowest BCUT2D eigenvalue weighted by molar-refractivity contribution is 0.996. The van der Waals surface area contributed by atoms with Gasteiger partial charge in [0.05, 0.1) is 0 Å². The highest BCUT2D eigenvalue weighted by Gasteiger charge is 2.05. The molecule has 0 bridgehead atoms. The van der Waals surface area contributed by atoms with Gasteiger partial charge in [-0.1, -0.05) is 6.07 Å². The van der Waals surface area contributed by atoms with Crippen LogP contribution in [0.25, 0.3) is 0 Å². The summed E-state index contributed by atoms with van der Waals surface area (Å²) in [6, 6.07) is 6.92. The minimum atomic E-state index is -0.178. The van der Waals surface area contributed by atoms with Crippen LogP contribution in [0.2, 0.25) is 0 Å². The Hall–Kier alpha value is -2.17. The quantitative estimate of drug-likeness (QED) is 0.787. The molecule has 0 amide bonds. The minimum Gasteiger partial charge on any atom is -0.300 e. The molecule has 0 saturated carbocycles. The van der Waals surface area contributed by atoms with Gasteiger partial charge in [-0.3, -0.25) is 14.7 Å². The molecule has 0 fully saturated rings. The van der Waals surface area contributed by atoms with Crippen molar-refractivity contribution in [3.63, 3.8) is 0 Å². The molecule has 2 heterocycles. The third-order valence-corrected chi connectivity index (χ3v) is 1.97. The first-order valence-corrected chi connectivity index (χ1v) is 4.47. The Morgan fingerprint density at radius 3 is 2.73 bits per heavy atom. The highest BCUT2D eigenvalue weighted by Crippen LogP contribution is 2.14. The normalized spacial score (nSPS) is 9.93. The molecule has 15 heavy (non-hydrogen) atoms. The van der Waals surface area contributed by atoms with Crippen molar-refractivity contribution in [2.24, 2.45) is 0 Å². The third kappa shape index (κ3) is 2.01. The molecule has 5 nitrogen and oxygen atoms in total. The summed E-state index contributed by atoms with van der Waals surface area (Å²) in [6.07, 6.45) is 3.15. The van der Waals surface area contributed by atoms with Crippen LogP contribution in [0.15, 0.2) is 41.5 Å². The van der Waals surface area contributed by atoms with E-state index >= 15 is 0 Å². The molecule has 2 aromatic heterocycles. The number of rotatable bonds is 2. The summed E-state index contributed by atoms with van der Waals surface area (Å²) >= 11 is 0. The maximum absolute atomic E-state index is 11.1. The summed E-state index contributed by atoms with van der Waals surface area (Å²) in [7, 11) is 1.79. The summed E-state index contributed by atoms with van der Waals surface area (Å²) < 4.78 is 0. The van der Waals surface area contributed by atoms with Crippen LogP contribution in [0.4, 0.5) is 11.8 Å². The predicted molar refractivity (Wildman–Crippen MR) is 57.2 cm³/mol. The molecule has 0 spiro atoms. The maximum atomic E-state index is 11.1. The number of nitrogens with zero attached hydrogens (tertiary/aromatic N) is 3. The average molecular weight is 202 g/mol. The SMILES string of the molecule is CN(c1ccccn1)c1nccc(=O)[nH]1. The van der Waals surface area contributed by atoms with Crippen molar-refractivity contribution in [3.8, 4) is 0 Å². The van der Waals surface area contributed by atoms with E-state index in [0.29, 0.717) is 5.95 Å². The molecular formula is C10H10N4O. The lowest BCUT2D eigenvalue weighted by Gasteiger charge is -2.15. The van der Waals surface area contributed by atoms with Gasteiger partial charge in [-0.15, -0.1) is 0 Å². The number of pyridine rings is 1. The zero-order chi connectivity index (χ0) is 10.7. The Morgan fingerprint density at radius 1 is 1.20 bits per heavy atom. The molecule has 2 aromatic rings. The molecule has 1 N–H and O–H groups in total. The van der Waals surface area contributed by atoms with Gasteiger partial charge in [-0.25, -0.2) is 9.97 Å².